The summed E-state index contributed by atoms with van der Waals surface area (Å²) in [6.45, 7) is 10.8. The summed E-state index contributed by atoms with van der Waals surface area (Å²) in [5, 5.41) is 14.8. The van der Waals surface area contributed by atoms with E-state index in [2.05, 4.69) is 34.3 Å². The number of imide groups is 1. The number of nitrogens with one attached hydrogen (secondary N) is 2. The molecule has 3 atom stereocenters. The van der Waals surface area contributed by atoms with Crippen molar-refractivity contribution in [3.63, 3.8) is 0 Å². The van der Waals surface area contributed by atoms with Gasteiger partial charge >= 0.3 is 6.18 Å². The fourth-order valence-corrected chi connectivity index (χ4v) is 9.65. The van der Waals surface area contributed by atoms with Gasteiger partial charge in [-0.05, 0) is 133 Å². The van der Waals surface area contributed by atoms with E-state index in [1.807, 2.05) is 17.0 Å². The number of hydrogen-bond acceptors (Lipinski definition) is 8. The van der Waals surface area contributed by atoms with Gasteiger partial charge in [-0.3, -0.25) is 34.3 Å². The second-order valence-electron chi connectivity index (χ2n) is 16.3. The normalized spacial score (nSPS) is 25.8. The van der Waals surface area contributed by atoms with Crippen LogP contribution < -0.4 is 15.5 Å². The molecule has 0 spiro atoms. The van der Waals surface area contributed by atoms with Crippen LogP contribution in [0.5, 0.6) is 0 Å². The number of piperidine rings is 1. The lowest BCUT2D eigenvalue weighted by molar-refractivity contribution is -0.138. The molecule has 1 unspecified atom stereocenters. The van der Waals surface area contributed by atoms with Gasteiger partial charge in [-0.15, -0.1) is 12.4 Å². The van der Waals surface area contributed by atoms with Crippen LogP contribution in [0.1, 0.15) is 102 Å². The lowest BCUT2D eigenvalue weighted by Crippen LogP contribution is -2.58. The number of benzene rings is 2. The number of rotatable bonds is 10. The van der Waals surface area contributed by atoms with E-state index in [-0.39, 0.29) is 77.4 Å². The van der Waals surface area contributed by atoms with Crippen LogP contribution >= 0.6 is 24.6 Å². The van der Waals surface area contributed by atoms with Crippen molar-refractivity contribution < 1.29 is 32.3 Å². The monoisotopic (exact) mass is 829 g/mol. The zero-order chi connectivity index (χ0) is 40.5. The highest BCUT2D eigenvalue weighted by molar-refractivity contribution is 7.80. The summed E-state index contributed by atoms with van der Waals surface area (Å²) in [7, 11) is 0. The summed E-state index contributed by atoms with van der Waals surface area (Å²) in [5.41, 5.74) is -1.13. The summed E-state index contributed by atoms with van der Waals surface area (Å²) in [4.78, 5) is 58.2. The van der Waals surface area contributed by atoms with E-state index in [9.17, 15) is 37.6 Å². The van der Waals surface area contributed by atoms with Crippen molar-refractivity contribution in [2.45, 2.75) is 115 Å². The number of nitrogens with zero attached hydrogens (tertiary/aromatic N) is 5. The Hall–Kier alpha value is -4.10. The molecule has 2 N–H and O–H groups in total. The van der Waals surface area contributed by atoms with E-state index in [1.54, 1.807) is 32.0 Å². The van der Waals surface area contributed by atoms with E-state index >= 15 is 0 Å². The summed E-state index contributed by atoms with van der Waals surface area (Å²) < 4.78 is 41.2. The van der Waals surface area contributed by atoms with Crippen molar-refractivity contribution in [1.82, 2.24) is 20.0 Å². The first-order valence-corrected chi connectivity index (χ1v) is 19.9. The quantitative estimate of drug-likeness (QED) is 0.201. The Labute approximate surface area is 343 Å². The molecule has 4 aliphatic rings. The largest absolute Gasteiger partial charge is 0.417 e. The molecule has 1 aliphatic carbocycles. The van der Waals surface area contributed by atoms with Gasteiger partial charge in [0.1, 0.15) is 5.54 Å². The van der Waals surface area contributed by atoms with E-state index in [0.29, 0.717) is 24.4 Å². The third-order valence-corrected chi connectivity index (χ3v) is 12.4. The van der Waals surface area contributed by atoms with E-state index < -0.39 is 22.8 Å². The number of carbonyl (C=O) groups is 4. The van der Waals surface area contributed by atoms with Gasteiger partial charge in [-0.1, -0.05) is 12.1 Å². The number of nitriles is 1. The van der Waals surface area contributed by atoms with Gasteiger partial charge in [0.25, 0.3) is 5.91 Å². The molecule has 0 bridgehead atoms. The minimum Gasteiger partial charge on any atom is -0.331 e. The maximum Gasteiger partial charge on any atom is 0.417 e. The molecule has 0 radical (unpaired) electrons. The first-order chi connectivity index (χ1) is 26.5. The lowest BCUT2D eigenvalue weighted by atomic mass is 9.82. The molecule has 308 valence electrons. The maximum atomic E-state index is 13.7. The highest BCUT2D eigenvalue weighted by atomic mass is 35.5. The average Bonchev–Trinajstić information content (AvgIpc) is 3.32. The predicted octanol–water partition coefficient (Wildman–Crippen LogP) is 6.60. The van der Waals surface area contributed by atoms with Crippen LogP contribution in [0.25, 0.3) is 0 Å². The van der Waals surface area contributed by atoms with Crippen molar-refractivity contribution in [2.75, 3.05) is 36.4 Å². The first-order valence-electron chi connectivity index (χ1n) is 19.5. The average molecular weight is 830 g/mol. The van der Waals surface area contributed by atoms with Gasteiger partial charge in [0.05, 0.1) is 35.3 Å². The van der Waals surface area contributed by atoms with Crippen molar-refractivity contribution in [2.24, 2.45) is 5.92 Å². The molecule has 6 rings (SSSR count). The Morgan fingerprint density at radius 3 is 2.25 bits per heavy atom. The fraction of sp³-hybridized carbons (Fsp3) is 0.561. The summed E-state index contributed by atoms with van der Waals surface area (Å²) >= 11 is 5.77. The Kier molecular flexibility index (Phi) is 13.7. The smallest absolute Gasteiger partial charge is 0.331 e. The van der Waals surface area contributed by atoms with E-state index in [1.165, 1.54) is 11.0 Å². The number of hydrogen-bond donors (Lipinski definition) is 2. The number of halogens is 4. The van der Waals surface area contributed by atoms with Crippen molar-refractivity contribution in [3.8, 4) is 6.07 Å². The van der Waals surface area contributed by atoms with Crippen molar-refractivity contribution >= 4 is 64.7 Å². The van der Waals surface area contributed by atoms with Crippen molar-refractivity contribution in [3.05, 3.63) is 59.2 Å². The van der Waals surface area contributed by atoms with Gasteiger partial charge in [0.15, 0.2) is 5.11 Å². The molecule has 11 nitrogen and oxygen atoms in total. The van der Waals surface area contributed by atoms with Crippen LogP contribution in [0.15, 0.2) is 42.5 Å². The Morgan fingerprint density at radius 1 is 1.00 bits per heavy atom. The molecular weight excluding hydrogens is 779 g/mol. The van der Waals surface area contributed by atoms with Crippen LogP contribution in [0.4, 0.5) is 24.5 Å². The fourth-order valence-electron chi connectivity index (χ4n) is 9.09. The zero-order valence-electron chi connectivity index (χ0n) is 32.7. The Bertz CT molecular complexity index is 1890. The molecule has 4 amide bonds. The Balaban J connectivity index is 0.00000620. The SMILES string of the molecule is C[C@@H]1CN(CCCC2CCC(N3C(=S)N(c4ccc(C#N)c(C(F)(F)F)c4)C(=O)C3(C)C)CC2)C[C@H](C)N1CC(=O)Nc1ccc(C2CCC(=O)NC2=O)cc1.Cl. The van der Waals surface area contributed by atoms with E-state index in [4.69, 9.17) is 12.2 Å². The van der Waals surface area contributed by atoms with Crippen molar-refractivity contribution in [1.29, 1.82) is 5.26 Å². The van der Waals surface area contributed by atoms with Crippen LogP contribution in [0, 0.1) is 17.2 Å². The predicted molar refractivity (Wildman–Crippen MR) is 217 cm³/mol. The molecule has 3 aliphatic heterocycles. The second kappa shape index (κ2) is 17.8. The van der Waals surface area contributed by atoms with Crippen LogP contribution in [0.2, 0.25) is 0 Å². The van der Waals surface area contributed by atoms with Gasteiger partial charge in [-0.25, -0.2) is 0 Å². The molecule has 57 heavy (non-hydrogen) atoms. The summed E-state index contributed by atoms with van der Waals surface area (Å²) in [5.74, 6) is -0.855. The molecule has 3 heterocycles. The number of carbonyl (C=O) groups excluding carboxylic acids is 4. The minimum absolute atomic E-state index is 0. The molecular formula is C41H51ClF3N7O4S. The zero-order valence-corrected chi connectivity index (χ0v) is 34.4. The highest BCUT2D eigenvalue weighted by Crippen LogP contribution is 2.41. The second-order valence-corrected chi connectivity index (χ2v) is 16.7. The number of amides is 4. The summed E-state index contributed by atoms with van der Waals surface area (Å²) in [6.07, 6.45) is 1.76. The van der Waals surface area contributed by atoms with Gasteiger partial charge in [0, 0.05) is 43.3 Å². The molecule has 3 saturated heterocycles. The topological polar surface area (TPSA) is 129 Å². The van der Waals surface area contributed by atoms with E-state index in [0.717, 1.165) is 75.9 Å². The Morgan fingerprint density at radius 2 is 1.65 bits per heavy atom. The standard InChI is InChI=1S/C41H50F3N7O4S.ClH/c1-25-22-48(23-26(2)49(25)24-36(53)46-30-12-9-28(10-13-30)33-17-18-35(52)47-37(33)54)19-5-6-27-7-14-31(15-8-27)51-39(56)50(38(55)40(51,3)4)32-16-11-29(21-45)34(20-32)41(42,43)44;/h9-13,16,20,25-27,31,33H,5-8,14-15,17-19,22-24H2,1-4H3,(H,46,53)(H,47,52,54);1H/t25-,26+,27?,31?,33?;. The van der Waals surface area contributed by atoms with Gasteiger partial charge < -0.3 is 15.1 Å². The molecule has 2 aromatic carbocycles. The van der Waals surface area contributed by atoms with Crippen LogP contribution in [-0.2, 0) is 25.4 Å². The molecule has 2 aromatic rings. The third kappa shape index (κ3) is 9.62. The molecule has 0 aromatic heterocycles. The highest BCUT2D eigenvalue weighted by Gasteiger charge is 2.52. The van der Waals surface area contributed by atoms with Gasteiger partial charge in [0.2, 0.25) is 17.7 Å². The minimum atomic E-state index is -4.75. The number of thiocarbonyl (C=S) groups is 1. The summed E-state index contributed by atoms with van der Waals surface area (Å²) in [6, 6.07) is 12.5. The number of anilines is 2. The molecule has 1 saturated carbocycles. The molecule has 16 heteroatoms. The van der Waals surface area contributed by atoms with Crippen LogP contribution in [-0.4, -0.2) is 93.3 Å². The van der Waals surface area contributed by atoms with Gasteiger partial charge in [-0.2, -0.15) is 18.4 Å². The lowest BCUT2D eigenvalue weighted by Gasteiger charge is -2.44. The number of alkyl halides is 3. The first kappa shape index (κ1) is 44.0. The number of piperazine rings is 1. The molecule has 4 fully saturated rings. The third-order valence-electron chi connectivity index (χ3n) is 12.0. The van der Waals surface area contributed by atoms with Crippen LogP contribution in [0.3, 0.4) is 0 Å². The maximum absolute atomic E-state index is 13.7.